The van der Waals surface area contributed by atoms with Gasteiger partial charge in [-0.05, 0) is 30.4 Å². The molecule has 1 fully saturated rings. The third-order valence-corrected chi connectivity index (χ3v) is 4.32. The number of benzene rings is 1. The smallest absolute Gasteiger partial charge is 0.292 e. The Morgan fingerprint density at radius 2 is 2.15 bits per heavy atom. The van der Waals surface area contributed by atoms with Crippen LogP contribution in [0.3, 0.4) is 0 Å². The first kappa shape index (κ1) is 15.3. The normalized spacial score (nSPS) is 16.1. The molecule has 0 atom stereocenters. The van der Waals surface area contributed by atoms with E-state index in [1.54, 1.807) is 6.07 Å². The molecule has 0 amide bonds. The largest absolute Gasteiger partial charge is 0.381 e. The molecule has 1 aromatic carbocycles. The van der Waals surface area contributed by atoms with Crippen LogP contribution in [0.1, 0.15) is 18.4 Å². The second kappa shape index (κ2) is 7.04. The fourth-order valence-corrected chi connectivity index (χ4v) is 2.88. The minimum absolute atomic E-state index is 0.177. The number of alkyl halides is 1. The van der Waals surface area contributed by atoms with Crippen molar-refractivity contribution in [3.05, 3.63) is 33.9 Å². The van der Waals surface area contributed by atoms with Gasteiger partial charge in [0.1, 0.15) is 5.69 Å². The molecule has 1 aliphatic rings. The lowest BCUT2D eigenvalue weighted by Crippen LogP contribution is -2.29. The van der Waals surface area contributed by atoms with Crippen molar-refractivity contribution in [3.8, 4) is 0 Å². The standard InChI is InChI=1S/C14H19BrN2O3/c1-16(10-11-4-6-20-7-5-11)13-3-2-12(9-15)8-14(13)17(18)19/h2-3,8,11H,4-7,9-10H2,1H3. The second-order valence-corrected chi connectivity index (χ2v) is 5.71. The molecular formula is C14H19BrN2O3. The van der Waals surface area contributed by atoms with E-state index in [0.717, 1.165) is 38.2 Å². The molecule has 1 heterocycles. The van der Waals surface area contributed by atoms with Gasteiger partial charge in [0.05, 0.1) is 4.92 Å². The monoisotopic (exact) mass is 342 g/mol. The molecular weight excluding hydrogens is 324 g/mol. The van der Waals surface area contributed by atoms with Crippen LogP contribution >= 0.6 is 15.9 Å². The SMILES string of the molecule is CN(CC1CCOCC1)c1ccc(CBr)cc1[N+](=O)[O-]. The second-order valence-electron chi connectivity index (χ2n) is 5.15. The van der Waals surface area contributed by atoms with Crippen molar-refractivity contribution >= 4 is 27.3 Å². The molecule has 0 aliphatic carbocycles. The zero-order chi connectivity index (χ0) is 14.5. The van der Waals surface area contributed by atoms with Crippen molar-refractivity contribution in [2.75, 3.05) is 31.7 Å². The van der Waals surface area contributed by atoms with E-state index < -0.39 is 0 Å². The number of nitro groups is 1. The zero-order valence-corrected chi connectivity index (χ0v) is 13.1. The Morgan fingerprint density at radius 1 is 1.45 bits per heavy atom. The van der Waals surface area contributed by atoms with E-state index in [4.69, 9.17) is 4.74 Å². The van der Waals surface area contributed by atoms with Gasteiger partial charge < -0.3 is 9.64 Å². The molecule has 0 spiro atoms. The number of ether oxygens (including phenoxy) is 1. The molecule has 1 aliphatic heterocycles. The Kier molecular flexibility index (Phi) is 5.37. The van der Waals surface area contributed by atoms with Crippen molar-refractivity contribution in [3.63, 3.8) is 0 Å². The Labute approximate surface area is 127 Å². The van der Waals surface area contributed by atoms with E-state index in [-0.39, 0.29) is 10.6 Å². The fourth-order valence-electron chi connectivity index (χ4n) is 2.54. The Morgan fingerprint density at radius 3 is 2.75 bits per heavy atom. The lowest BCUT2D eigenvalue weighted by atomic mass is 9.99. The Bertz CT molecular complexity index is 475. The van der Waals surface area contributed by atoms with Gasteiger partial charge in [-0.1, -0.05) is 22.0 Å². The van der Waals surface area contributed by atoms with Crippen molar-refractivity contribution in [1.29, 1.82) is 0 Å². The molecule has 0 N–H and O–H groups in total. The van der Waals surface area contributed by atoms with Crippen LogP contribution in [0.15, 0.2) is 18.2 Å². The van der Waals surface area contributed by atoms with Crippen molar-refractivity contribution in [2.45, 2.75) is 18.2 Å². The number of nitro benzene ring substituents is 1. The lowest BCUT2D eigenvalue weighted by molar-refractivity contribution is -0.384. The maximum Gasteiger partial charge on any atom is 0.292 e. The van der Waals surface area contributed by atoms with Gasteiger partial charge in [-0.2, -0.15) is 0 Å². The average Bonchev–Trinajstić information content (AvgIpc) is 2.47. The molecule has 1 aromatic rings. The summed E-state index contributed by atoms with van der Waals surface area (Å²) < 4.78 is 5.35. The van der Waals surface area contributed by atoms with E-state index in [1.165, 1.54) is 0 Å². The number of anilines is 1. The van der Waals surface area contributed by atoms with Crippen LogP contribution in [0.5, 0.6) is 0 Å². The van der Waals surface area contributed by atoms with E-state index >= 15 is 0 Å². The van der Waals surface area contributed by atoms with Crippen molar-refractivity contribution in [2.24, 2.45) is 5.92 Å². The summed E-state index contributed by atoms with van der Waals surface area (Å²) >= 11 is 3.33. The Hall–Kier alpha value is -1.14. The van der Waals surface area contributed by atoms with Gasteiger partial charge in [0, 0.05) is 38.2 Å². The average molecular weight is 343 g/mol. The Balaban J connectivity index is 2.15. The summed E-state index contributed by atoms with van der Waals surface area (Å²) in [5.41, 5.74) is 1.78. The van der Waals surface area contributed by atoms with Gasteiger partial charge in [0.15, 0.2) is 0 Å². The van der Waals surface area contributed by atoms with Crippen LogP contribution in [0.25, 0.3) is 0 Å². The first-order chi connectivity index (χ1) is 9.61. The van der Waals surface area contributed by atoms with Gasteiger partial charge >= 0.3 is 0 Å². The highest BCUT2D eigenvalue weighted by Crippen LogP contribution is 2.30. The predicted octanol–water partition coefficient (Wildman–Crippen LogP) is 3.35. The van der Waals surface area contributed by atoms with Gasteiger partial charge in [-0.15, -0.1) is 0 Å². The number of nitrogens with zero attached hydrogens (tertiary/aromatic N) is 2. The highest BCUT2D eigenvalue weighted by atomic mass is 79.9. The van der Waals surface area contributed by atoms with Crippen molar-refractivity contribution < 1.29 is 9.66 Å². The molecule has 0 unspecified atom stereocenters. The quantitative estimate of drug-likeness (QED) is 0.467. The first-order valence-electron chi connectivity index (χ1n) is 6.74. The van der Waals surface area contributed by atoms with Crippen LogP contribution in [-0.4, -0.2) is 31.7 Å². The van der Waals surface area contributed by atoms with Crippen LogP contribution in [0, 0.1) is 16.0 Å². The maximum atomic E-state index is 11.2. The van der Waals surface area contributed by atoms with Gasteiger partial charge in [0.2, 0.25) is 0 Å². The maximum absolute atomic E-state index is 11.2. The molecule has 0 aromatic heterocycles. The number of rotatable bonds is 5. The molecule has 5 nitrogen and oxygen atoms in total. The minimum Gasteiger partial charge on any atom is -0.381 e. The molecule has 0 radical (unpaired) electrons. The van der Waals surface area contributed by atoms with Crippen LogP contribution in [0.4, 0.5) is 11.4 Å². The van der Waals surface area contributed by atoms with E-state index in [9.17, 15) is 10.1 Å². The van der Waals surface area contributed by atoms with Crippen LogP contribution in [0.2, 0.25) is 0 Å². The summed E-state index contributed by atoms with van der Waals surface area (Å²) in [5.74, 6) is 0.546. The summed E-state index contributed by atoms with van der Waals surface area (Å²) in [6, 6.07) is 5.41. The first-order valence-corrected chi connectivity index (χ1v) is 7.86. The summed E-state index contributed by atoms with van der Waals surface area (Å²) in [6.07, 6.45) is 2.05. The minimum atomic E-state index is -0.304. The molecule has 0 bridgehead atoms. The zero-order valence-electron chi connectivity index (χ0n) is 11.5. The van der Waals surface area contributed by atoms with Gasteiger partial charge in [-0.3, -0.25) is 10.1 Å². The number of halogens is 1. The third-order valence-electron chi connectivity index (χ3n) is 3.68. The van der Waals surface area contributed by atoms with E-state index in [2.05, 4.69) is 15.9 Å². The highest BCUT2D eigenvalue weighted by molar-refractivity contribution is 9.08. The molecule has 20 heavy (non-hydrogen) atoms. The molecule has 6 heteroatoms. The van der Waals surface area contributed by atoms with Gasteiger partial charge in [-0.25, -0.2) is 0 Å². The summed E-state index contributed by atoms with van der Waals surface area (Å²) in [7, 11) is 1.92. The topological polar surface area (TPSA) is 55.6 Å². The van der Waals surface area contributed by atoms with E-state index in [0.29, 0.717) is 16.9 Å². The summed E-state index contributed by atoms with van der Waals surface area (Å²) in [6.45, 7) is 2.42. The third kappa shape index (κ3) is 3.70. The lowest BCUT2D eigenvalue weighted by Gasteiger charge is -2.28. The van der Waals surface area contributed by atoms with E-state index in [1.807, 2.05) is 24.1 Å². The van der Waals surface area contributed by atoms with Gasteiger partial charge in [0.25, 0.3) is 5.69 Å². The van der Waals surface area contributed by atoms with Crippen LogP contribution in [-0.2, 0) is 10.1 Å². The summed E-state index contributed by atoms with van der Waals surface area (Å²) in [5, 5.41) is 11.9. The molecule has 2 rings (SSSR count). The molecule has 1 saturated heterocycles. The van der Waals surface area contributed by atoms with Crippen molar-refractivity contribution in [1.82, 2.24) is 0 Å². The number of hydrogen-bond acceptors (Lipinski definition) is 4. The number of hydrogen-bond donors (Lipinski definition) is 0. The predicted molar refractivity (Wildman–Crippen MR) is 82.5 cm³/mol. The summed E-state index contributed by atoms with van der Waals surface area (Å²) in [4.78, 5) is 12.9. The molecule has 0 saturated carbocycles. The fraction of sp³-hybridized carbons (Fsp3) is 0.571. The highest BCUT2D eigenvalue weighted by Gasteiger charge is 2.21. The van der Waals surface area contributed by atoms with Crippen LogP contribution < -0.4 is 4.90 Å². The molecule has 110 valence electrons.